The van der Waals surface area contributed by atoms with E-state index in [4.69, 9.17) is 4.74 Å². The van der Waals surface area contributed by atoms with Gasteiger partial charge in [0.25, 0.3) is 0 Å². The summed E-state index contributed by atoms with van der Waals surface area (Å²) in [4.78, 5) is 27.4. The standard InChI is InChI=1S/C26H33NO4/c1-4-11-27-25(29)20-12-16(3)23-21(24(20)26(27)30)15-31-22(23)10-9-17(5-2)13-18-7-6-8-19(28)14-18/h6-8,13-14,20-22,24,28H,4-5,9-12,15H2,1-3H3/b17-13+/t20-,21+,22-,24-/m1/s1. The summed E-state index contributed by atoms with van der Waals surface area (Å²) in [6.07, 6.45) is 6.36. The lowest BCUT2D eigenvalue weighted by Gasteiger charge is -2.30. The summed E-state index contributed by atoms with van der Waals surface area (Å²) >= 11 is 0. The van der Waals surface area contributed by atoms with E-state index in [0.29, 0.717) is 19.6 Å². The first kappa shape index (κ1) is 21.8. The molecule has 2 saturated heterocycles. The summed E-state index contributed by atoms with van der Waals surface area (Å²) in [5.74, 6) is -0.0998. The molecule has 31 heavy (non-hydrogen) atoms. The number of phenols is 1. The van der Waals surface area contributed by atoms with E-state index in [2.05, 4.69) is 19.9 Å². The molecule has 2 heterocycles. The van der Waals surface area contributed by atoms with Crippen LogP contribution in [0.3, 0.4) is 0 Å². The number of likely N-dealkylation sites (tertiary alicyclic amines) is 1. The number of nitrogens with zero attached hydrogens (tertiary/aromatic N) is 1. The Labute approximate surface area is 184 Å². The number of carbonyl (C=O) groups is 2. The Kier molecular flexibility index (Phi) is 6.33. The highest BCUT2D eigenvalue weighted by atomic mass is 16.5. The second-order valence-corrected chi connectivity index (χ2v) is 9.12. The summed E-state index contributed by atoms with van der Waals surface area (Å²) in [6.45, 7) is 7.32. The van der Waals surface area contributed by atoms with E-state index in [1.807, 2.05) is 19.1 Å². The van der Waals surface area contributed by atoms with Crippen LogP contribution in [0.15, 0.2) is 41.0 Å². The zero-order chi connectivity index (χ0) is 22.1. The first-order valence-electron chi connectivity index (χ1n) is 11.6. The van der Waals surface area contributed by atoms with Crippen molar-refractivity contribution in [3.8, 4) is 5.75 Å². The Balaban J connectivity index is 1.49. The number of imide groups is 1. The van der Waals surface area contributed by atoms with E-state index in [9.17, 15) is 14.7 Å². The Morgan fingerprint density at radius 2 is 2.03 bits per heavy atom. The van der Waals surface area contributed by atoms with Crippen LogP contribution in [0.5, 0.6) is 5.75 Å². The number of carbonyl (C=O) groups excluding carboxylic acids is 2. The molecule has 166 valence electrons. The predicted octanol–water partition coefficient (Wildman–Crippen LogP) is 4.71. The molecule has 1 aromatic rings. The number of hydrogen-bond acceptors (Lipinski definition) is 4. The number of ether oxygens (including phenoxy) is 1. The van der Waals surface area contributed by atoms with Gasteiger partial charge in [0.1, 0.15) is 5.75 Å². The molecule has 2 aliphatic heterocycles. The molecular formula is C26H33NO4. The van der Waals surface area contributed by atoms with Gasteiger partial charge >= 0.3 is 0 Å². The molecule has 2 amide bonds. The maximum Gasteiger partial charge on any atom is 0.233 e. The summed E-state index contributed by atoms with van der Waals surface area (Å²) < 4.78 is 6.21. The number of hydrogen-bond donors (Lipinski definition) is 1. The summed E-state index contributed by atoms with van der Waals surface area (Å²) in [5, 5.41) is 9.72. The van der Waals surface area contributed by atoms with Crippen molar-refractivity contribution in [2.75, 3.05) is 13.2 Å². The van der Waals surface area contributed by atoms with E-state index >= 15 is 0 Å². The number of rotatable bonds is 7. The molecule has 5 heteroatoms. The molecule has 5 nitrogen and oxygen atoms in total. The fourth-order valence-corrected chi connectivity index (χ4v) is 5.66. The van der Waals surface area contributed by atoms with Crippen molar-refractivity contribution in [2.45, 2.75) is 59.0 Å². The van der Waals surface area contributed by atoms with E-state index < -0.39 is 0 Å². The van der Waals surface area contributed by atoms with Crippen LogP contribution >= 0.6 is 0 Å². The average molecular weight is 424 g/mol. The SMILES string of the molecule is CCCN1C(=O)[C@@H]2[C@@H](CC(C)=C3[C@@H](CC/C(=C/c4cccc(O)c4)CC)OC[C@@H]32)C1=O. The second-order valence-electron chi connectivity index (χ2n) is 9.12. The maximum absolute atomic E-state index is 13.0. The van der Waals surface area contributed by atoms with Gasteiger partial charge in [0.15, 0.2) is 0 Å². The molecule has 0 bridgehead atoms. The second kappa shape index (κ2) is 8.99. The minimum atomic E-state index is -0.240. The molecule has 4 rings (SSSR count). The number of phenolic OH excluding ortho intramolecular Hbond substituents is 1. The first-order valence-corrected chi connectivity index (χ1v) is 11.6. The van der Waals surface area contributed by atoms with Crippen molar-refractivity contribution >= 4 is 17.9 Å². The Hall–Kier alpha value is -2.40. The lowest BCUT2D eigenvalue weighted by atomic mass is 9.70. The number of allylic oxidation sites excluding steroid dienone is 2. The van der Waals surface area contributed by atoms with E-state index in [1.165, 1.54) is 21.6 Å². The summed E-state index contributed by atoms with van der Waals surface area (Å²) in [7, 11) is 0. The molecule has 0 aromatic heterocycles. The molecule has 1 aromatic carbocycles. The normalized spacial score (nSPS) is 28.4. The minimum absolute atomic E-state index is 0.00845. The number of aromatic hydroxyl groups is 1. The third kappa shape index (κ3) is 4.08. The van der Waals surface area contributed by atoms with Gasteiger partial charge in [0, 0.05) is 12.5 Å². The molecule has 1 aliphatic carbocycles. The number of fused-ring (bicyclic) bond motifs is 3. The van der Waals surface area contributed by atoms with Crippen LogP contribution in [0, 0.1) is 17.8 Å². The Bertz CT molecular complexity index is 931. The maximum atomic E-state index is 13.0. The molecule has 2 fully saturated rings. The minimum Gasteiger partial charge on any atom is -0.508 e. The molecular weight excluding hydrogens is 390 g/mol. The van der Waals surface area contributed by atoms with Crippen molar-refractivity contribution in [3.05, 3.63) is 46.5 Å². The quantitative estimate of drug-likeness (QED) is 0.509. The highest BCUT2D eigenvalue weighted by Crippen LogP contribution is 2.49. The highest BCUT2D eigenvalue weighted by Gasteiger charge is 2.56. The van der Waals surface area contributed by atoms with Gasteiger partial charge in [-0.15, -0.1) is 0 Å². The number of benzene rings is 1. The van der Waals surface area contributed by atoms with Crippen LogP contribution in [0.25, 0.3) is 6.08 Å². The van der Waals surface area contributed by atoms with E-state index in [-0.39, 0.29) is 41.4 Å². The largest absolute Gasteiger partial charge is 0.508 e. The van der Waals surface area contributed by atoms with Crippen molar-refractivity contribution in [3.63, 3.8) is 0 Å². The molecule has 0 spiro atoms. The van der Waals surface area contributed by atoms with Gasteiger partial charge in [-0.2, -0.15) is 0 Å². The molecule has 3 aliphatic rings. The third-order valence-corrected chi connectivity index (χ3v) is 7.11. The zero-order valence-corrected chi connectivity index (χ0v) is 18.8. The summed E-state index contributed by atoms with van der Waals surface area (Å²) in [5.41, 5.74) is 4.83. The fraction of sp³-hybridized carbons (Fsp3) is 0.538. The monoisotopic (exact) mass is 423 g/mol. The van der Waals surface area contributed by atoms with Gasteiger partial charge in [-0.25, -0.2) is 0 Å². The Morgan fingerprint density at radius 3 is 2.74 bits per heavy atom. The van der Waals surface area contributed by atoms with Gasteiger partial charge in [0.2, 0.25) is 11.8 Å². The van der Waals surface area contributed by atoms with Gasteiger partial charge < -0.3 is 9.84 Å². The van der Waals surface area contributed by atoms with E-state index in [1.54, 1.807) is 12.1 Å². The van der Waals surface area contributed by atoms with Crippen LogP contribution in [-0.2, 0) is 14.3 Å². The Morgan fingerprint density at radius 1 is 1.23 bits per heavy atom. The van der Waals surface area contributed by atoms with Gasteiger partial charge in [-0.3, -0.25) is 14.5 Å². The van der Waals surface area contributed by atoms with Gasteiger partial charge in [-0.05, 0) is 62.3 Å². The van der Waals surface area contributed by atoms with Gasteiger partial charge in [-0.1, -0.05) is 43.2 Å². The molecule has 1 N–H and O–H groups in total. The lowest BCUT2D eigenvalue weighted by molar-refractivity contribution is -0.140. The zero-order valence-electron chi connectivity index (χ0n) is 18.8. The van der Waals surface area contributed by atoms with E-state index in [0.717, 1.165) is 31.2 Å². The number of amides is 2. The molecule has 0 unspecified atom stereocenters. The van der Waals surface area contributed by atoms with Crippen LogP contribution in [-0.4, -0.2) is 41.1 Å². The van der Waals surface area contributed by atoms with Gasteiger partial charge in [0.05, 0.1) is 24.5 Å². The van der Waals surface area contributed by atoms with Crippen LogP contribution in [0.4, 0.5) is 0 Å². The predicted molar refractivity (Wildman–Crippen MR) is 120 cm³/mol. The topological polar surface area (TPSA) is 66.8 Å². The van der Waals surface area contributed by atoms with Crippen molar-refractivity contribution in [1.29, 1.82) is 0 Å². The van der Waals surface area contributed by atoms with Crippen LogP contribution in [0.1, 0.15) is 58.4 Å². The molecule has 0 radical (unpaired) electrons. The van der Waals surface area contributed by atoms with Crippen molar-refractivity contribution in [1.82, 2.24) is 4.90 Å². The molecule has 0 saturated carbocycles. The van der Waals surface area contributed by atoms with Crippen LogP contribution in [0.2, 0.25) is 0 Å². The molecule has 4 atom stereocenters. The van der Waals surface area contributed by atoms with Crippen molar-refractivity contribution in [2.24, 2.45) is 17.8 Å². The first-order chi connectivity index (χ1) is 14.9. The smallest absolute Gasteiger partial charge is 0.233 e. The summed E-state index contributed by atoms with van der Waals surface area (Å²) in [6, 6.07) is 7.30. The third-order valence-electron chi connectivity index (χ3n) is 7.11. The van der Waals surface area contributed by atoms with Crippen LogP contribution < -0.4 is 0 Å². The fourth-order valence-electron chi connectivity index (χ4n) is 5.66. The highest BCUT2D eigenvalue weighted by molar-refractivity contribution is 6.05. The lowest BCUT2D eigenvalue weighted by Crippen LogP contribution is -2.34. The van der Waals surface area contributed by atoms with Crippen molar-refractivity contribution < 1.29 is 19.4 Å². The average Bonchev–Trinajstić information content (AvgIpc) is 3.27.